The van der Waals surface area contributed by atoms with E-state index in [-0.39, 0.29) is 30.2 Å². The molecule has 2 heterocycles. The van der Waals surface area contributed by atoms with Gasteiger partial charge in [-0.15, -0.1) is 0 Å². The average Bonchev–Trinajstić information content (AvgIpc) is 3.29. The van der Waals surface area contributed by atoms with E-state index in [1.54, 1.807) is 0 Å². The number of hydrogen-bond acceptors (Lipinski definition) is 3. The second kappa shape index (κ2) is 8.47. The lowest BCUT2D eigenvalue weighted by atomic mass is 10.0. The number of nitrogens with one attached hydrogen (secondary N) is 2. The largest absolute Gasteiger partial charge is 0.372 e. The first-order valence-corrected chi connectivity index (χ1v) is 9.59. The van der Waals surface area contributed by atoms with Gasteiger partial charge in [0.2, 0.25) is 0 Å². The number of rotatable bonds is 3. The topological polar surface area (TPSA) is 59.6 Å². The van der Waals surface area contributed by atoms with E-state index >= 15 is 0 Å². The van der Waals surface area contributed by atoms with Crippen LogP contribution < -0.4 is 10.6 Å². The van der Waals surface area contributed by atoms with E-state index in [1.807, 2.05) is 55.5 Å². The summed E-state index contributed by atoms with van der Waals surface area (Å²) in [5.74, 6) is 6.48. The fraction of sp³-hybridized carbons (Fsp3) is 0.348. The predicted octanol–water partition coefficient (Wildman–Crippen LogP) is 2.63. The SMILES string of the molecule is Cc1cccc(CNC(=O)N[C@H]2CO[C@@H]3[C@@H]2OC[C@H]3C#Cc2ccccc2)c1. The van der Waals surface area contributed by atoms with Gasteiger partial charge in [-0.1, -0.05) is 59.9 Å². The van der Waals surface area contributed by atoms with Gasteiger partial charge in [0.05, 0.1) is 25.2 Å². The zero-order valence-electron chi connectivity index (χ0n) is 15.9. The minimum atomic E-state index is -0.210. The molecule has 2 fully saturated rings. The van der Waals surface area contributed by atoms with Crippen LogP contribution in [0.1, 0.15) is 16.7 Å². The van der Waals surface area contributed by atoms with Crippen molar-refractivity contribution in [3.8, 4) is 11.8 Å². The molecule has 0 aliphatic carbocycles. The molecule has 0 aromatic heterocycles. The fourth-order valence-electron chi connectivity index (χ4n) is 3.67. The third kappa shape index (κ3) is 4.36. The predicted molar refractivity (Wildman–Crippen MR) is 107 cm³/mol. The maximum absolute atomic E-state index is 12.3. The number of urea groups is 1. The lowest BCUT2D eigenvalue weighted by Gasteiger charge is -2.18. The van der Waals surface area contributed by atoms with Crippen molar-refractivity contribution in [1.82, 2.24) is 10.6 Å². The molecule has 2 saturated heterocycles. The van der Waals surface area contributed by atoms with Gasteiger partial charge in [-0.2, -0.15) is 0 Å². The average molecular weight is 376 g/mol. The Balaban J connectivity index is 1.29. The number of hydrogen-bond donors (Lipinski definition) is 2. The van der Waals surface area contributed by atoms with Gasteiger partial charge < -0.3 is 20.1 Å². The molecule has 2 aromatic carbocycles. The smallest absolute Gasteiger partial charge is 0.315 e. The van der Waals surface area contributed by atoms with Crippen molar-refractivity contribution in [3.05, 3.63) is 71.3 Å². The van der Waals surface area contributed by atoms with Gasteiger partial charge in [-0.05, 0) is 24.6 Å². The molecule has 2 aliphatic heterocycles. The van der Waals surface area contributed by atoms with Crippen molar-refractivity contribution in [3.63, 3.8) is 0 Å². The molecule has 0 bridgehead atoms. The molecule has 0 spiro atoms. The molecule has 2 aliphatic rings. The van der Waals surface area contributed by atoms with Crippen LogP contribution in [-0.4, -0.2) is 37.5 Å². The molecule has 2 amide bonds. The summed E-state index contributed by atoms with van der Waals surface area (Å²) in [6.45, 7) is 3.49. The Morgan fingerprint density at radius 2 is 1.89 bits per heavy atom. The summed E-state index contributed by atoms with van der Waals surface area (Å²) in [7, 11) is 0. The first-order valence-electron chi connectivity index (χ1n) is 9.59. The van der Waals surface area contributed by atoms with E-state index in [0.29, 0.717) is 19.8 Å². The van der Waals surface area contributed by atoms with Crippen LogP contribution in [0.4, 0.5) is 4.79 Å². The van der Waals surface area contributed by atoms with Gasteiger partial charge in [-0.3, -0.25) is 0 Å². The summed E-state index contributed by atoms with van der Waals surface area (Å²) in [6.07, 6.45) is -0.252. The van der Waals surface area contributed by atoms with E-state index in [0.717, 1.165) is 11.1 Å². The third-order valence-corrected chi connectivity index (χ3v) is 5.08. The lowest BCUT2D eigenvalue weighted by molar-refractivity contribution is 0.0665. The lowest BCUT2D eigenvalue weighted by Crippen LogP contribution is -2.48. The summed E-state index contributed by atoms with van der Waals surface area (Å²) in [4.78, 5) is 12.3. The highest BCUT2D eigenvalue weighted by atomic mass is 16.6. The van der Waals surface area contributed by atoms with E-state index in [9.17, 15) is 4.79 Å². The van der Waals surface area contributed by atoms with Crippen LogP contribution >= 0.6 is 0 Å². The first-order chi connectivity index (χ1) is 13.7. The van der Waals surface area contributed by atoms with Crippen molar-refractivity contribution >= 4 is 6.03 Å². The summed E-state index contributed by atoms with van der Waals surface area (Å²) in [5.41, 5.74) is 3.23. The van der Waals surface area contributed by atoms with Crippen LogP contribution in [0.15, 0.2) is 54.6 Å². The highest BCUT2D eigenvalue weighted by molar-refractivity contribution is 5.74. The maximum Gasteiger partial charge on any atom is 0.315 e. The van der Waals surface area contributed by atoms with Crippen molar-refractivity contribution < 1.29 is 14.3 Å². The molecule has 2 aromatic rings. The quantitative estimate of drug-likeness (QED) is 0.810. The highest BCUT2D eigenvalue weighted by Crippen LogP contribution is 2.30. The number of ether oxygens (including phenoxy) is 2. The number of carbonyl (C=O) groups excluding carboxylic acids is 1. The maximum atomic E-state index is 12.3. The molecule has 4 atom stereocenters. The van der Waals surface area contributed by atoms with Crippen LogP contribution in [0, 0.1) is 24.7 Å². The summed E-state index contributed by atoms with van der Waals surface area (Å²) in [6, 6.07) is 17.6. The standard InChI is InChI=1S/C23H24N2O3/c1-16-6-5-9-18(12-16)13-24-23(26)25-20-15-28-21-19(14-27-22(20)21)11-10-17-7-3-2-4-8-17/h2-9,12,19-22H,13-15H2,1H3,(H2,24,25,26)/t19-,20+,21+,22-/m1/s1. The Morgan fingerprint density at radius 3 is 2.71 bits per heavy atom. The second-order valence-electron chi connectivity index (χ2n) is 7.26. The Labute approximate surface area is 165 Å². The molecule has 2 N–H and O–H groups in total. The molecule has 0 radical (unpaired) electrons. The van der Waals surface area contributed by atoms with Crippen molar-refractivity contribution in [1.29, 1.82) is 0 Å². The van der Waals surface area contributed by atoms with E-state index in [4.69, 9.17) is 9.47 Å². The Bertz CT molecular complexity index is 887. The molecule has 4 rings (SSSR count). The van der Waals surface area contributed by atoms with Gasteiger partial charge in [0, 0.05) is 12.1 Å². The van der Waals surface area contributed by atoms with E-state index in [2.05, 4.69) is 28.5 Å². The summed E-state index contributed by atoms with van der Waals surface area (Å²) >= 11 is 0. The van der Waals surface area contributed by atoms with Crippen LogP contribution in [-0.2, 0) is 16.0 Å². The van der Waals surface area contributed by atoms with Gasteiger partial charge in [-0.25, -0.2) is 4.79 Å². The van der Waals surface area contributed by atoms with Gasteiger partial charge in [0.25, 0.3) is 0 Å². The molecule has 28 heavy (non-hydrogen) atoms. The summed E-state index contributed by atoms with van der Waals surface area (Å²) in [5, 5.41) is 5.88. The van der Waals surface area contributed by atoms with Crippen LogP contribution in [0.2, 0.25) is 0 Å². The Hall–Kier alpha value is -2.81. The molecule has 5 nitrogen and oxygen atoms in total. The normalized spacial score (nSPS) is 25.5. The number of carbonyl (C=O) groups is 1. The van der Waals surface area contributed by atoms with Crippen molar-refractivity contribution in [2.75, 3.05) is 13.2 Å². The number of fused-ring (bicyclic) bond motifs is 1. The second-order valence-corrected chi connectivity index (χ2v) is 7.26. The minimum Gasteiger partial charge on any atom is -0.372 e. The zero-order valence-corrected chi connectivity index (χ0v) is 15.9. The molecular weight excluding hydrogens is 352 g/mol. The molecule has 0 saturated carbocycles. The highest BCUT2D eigenvalue weighted by Gasteiger charge is 2.47. The van der Waals surface area contributed by atoms with Crippen LogP contribution in [0.5, 0.6) is 0 Å². The van der Waals surface area contributed by atoms with Crippen LogP contribution in [0.25, 0.3) is 0 Å². The summed E-state index contributed by atoms with van der Waals surface area (Å²) < 4.78 is 11.8. The van der Waals surface area contributed by atoms with Gasteiger partial charge in [0.1, 0.15) is 12.2 Å². The van der Waals surface area contributed by atoms with Crippen LogP contribution in [0.3, 0.4) is 0 Å². The van der Waals surface area contributed by atoms with E-state index in [1.165, 1.54) is 5.56 Å². The number of aryl methyl sites for hydroxylation is 1. The number of amides is 2. The number of benzene rings is 2. The van der Waals surface area contributed by atoms with E-state index < -0.39 is 0 Å². The van der Waals surface area contributed by atoms with Crippen molar-refractivity contribution in [2.24, 2.45) is 5.92 Å². The third-order valence-electron chi connectivity index (χ3n) is 5.08. The zero-order chi connectivity index (χ0) is 19.3. The van der Waals surface area contributed by atoms with Gasteiger partial charge >= 0.3 is 6.03 Å². The Kier molecular flexibility index (Phi) is 5.61. The monoisotopic (exact) mass is 376 g/mol. The molecule has 144 valence electrons. The van der Waals surface area contributed by atoms with Crippen molar-refractivity contribution in [2.45, 2.75) is 31.7 Å². The molecule has 0 unspecified atom stereocenters. The first kappa shape index (κ1) is 18.5. The minimum absolute atomic E-state index is 0.0207. The Morgan fingerprint density at radius 1 is 1.07 bits per heavy atom. The van der Waals surface area contributed by atoms with Gasteiger partial charge in [0.15, 0.2) is 0 Å². The molecule has 5 heteroatoms. The molecular formula is C23H24N2O3. The fourth-order valence-corrected chi connectivity index (χ4v) is 3.67.